The van der Waals surface area contributed by atoms with Crippen LogP contribution in [0.25, 0.3) is 0 Å². The van der Waals surface area contributed by atoms with E-state index in [1.807, 2.05) is 13.8 Å². The normalized spacial score (nSPS) is 36.5. The van der Waals surface area contributed by atoms with Crippen molar-refractivity contribution in [2.24, 2.45) is 5.92 Å². The molecule has 3 N–H and O–H groups in total. The lowest BCUT2D eigenvalue weighted by molar-refractivity contribution is -0.0208. The van der Waals surface area contributed by atoms with Gasteiger partial charge in [0, 0.05) is 12.6 Å². The monoisotopic (exact) mass is 213 g/mol. The molecule has 1 rings (SSSR count). The third kappa shape index (κ3) is 3.30. The fourth-order valence-corrected chi connectivity index (χ4v) is 2.29. The predicted molar refractivity (Wildman–Crippen MR) is 61.7 cm³/mol. The Kier molecular flexibility index (Phi) is 4.32. The van der Waals surface area contributed by atoms with Gasteiger partial charge in [-0.2, -0.15) is 0 Å². The summed E-state index contributed by atoms with van der Waals surface area (Å²) in [4.78, 5) is 0. The van der Waals surface area contributed by atoms with Crippen molar-refractivity contribution in [3.8, 4) is 0 Å². The maximum Gasteiger partial charge on any atom is 0.0772 e. The summed E-state index contributed by atoms with van der Waals surface area (Å²) in [5, 5.41) is 22.2. The minimum atomic E-state index is -0.652. The Hall–Kier alpha value is -0.380. The molecule has 0 spiro atoms. The second kappa shape index (κ2) is 5.10. The van der Waals surface area contributed by atoms with Crippen molar-refractivity contribution in [3.63, 3.8) is 0 Å². The average molecular weight is 213 g/mol. The van der Waals surface area contributed by atoms with Gasteiger partial charge < -0.3 is 15.5 Å². The summed E-state index contributed by atoms with van der Waals surface area (Å²) >= 11 is 0. The van der Waals surface area contributed by atoms with Gasteiger partial charge in [0.2, 0.25) is 0 Å². The first-order valence-electron chi connectivity index (χ1n) is 5.69. The van der Waals surface area contributed by atoms with Gasteiger partial charge in [-0.15, -0.1) is 0 Å². The van der Waals surface area contributed by atoms with Crippen molar-refractivity contribution < 1.29 is 10.2 Å². The van der Waals surface area contributed by atoms with E-state index in [2.05, 4.69) is 11.9 Å². The van der Waals surface area contributed by atoms with E-state index in [0.29, 0.717) is 12.5 Å². The predicted octanol–water partition coefficient (Wildman–Crippen LogP) is 1.06. The third-order valence-corrected chi connectivity index (χ3v) is 3.47. The minimum Gasteiger partial charge on any atom is -0.395 e. The molecule has 3 atom stereocenters. The maximum absolute atomic E-state index is 10.2. The molecule has 3 heteroatoms. The molecule has 1 saturated carbocycles. The molecule has 0 saturated heterocycles. The highest BCUT2D eigenvalue weighted by atomic mass is 16.3. The third-order valence-electron chi connectivity index (χ3n) is 3.47. The van der Waals surface area contributed by atoms with Crippen molar-refractivity contribution in [1.82, 2.24) is 5.32 Å². The molecule has 0 aliphatic heterocycles. The summed E-state index contributed by atoms with van der Waals surface area (Å²) < 4.78 is 0. The van der Waals surface area contributed by atoms with Crippen LogP contribution in [0.3, 0.4) is 0 Å². The number of rotatable bonds is 4. The highest BCUT2D eigenvalue weighted by Gasteiger charge is 2.37. The molecular formula is C12H23NO2. The lowest BCUT2D eigenvalue weighted by atomic mass is 9.74. The van der Waals surface area contributed by atoms with Crippen molar-refractivity contribution >= 4 is 0 Å². The number of hydrogen-bond donors (Lipinski definition) is 3. The zero-order valence-corrected chi connectivity index (χ0v) is 9.79. The second-order valence-corrected chi connectivity index (χ2v) is 4.91. The fraction of sp³-hybridized carbons (Fsp3) is 0.833. The van der Waals surface area contributed by atoms with Crippen molar-refractivity contribution in [1.29, 1.82) is 0 Å². The summed E-state index contributed by atoms with van der Waals surface area (Å²) in [5.41, 5.74) is 0.544. The largest absolute Gasteiger partial charge is 0.395 e. The molecule has 3 nitrogen and oxygen atoms in total. The van der Waals surface area contributed by atoms with Crippen molar-refractivity contribution in [2.45, 2.75) is 44.8 Å². The van der Waals surface area contributed by atoms with Gasteiger partial charge in [-0.25, -0.2) is 0 Å². The lowest BCUT2D eigenvalue weighted by Gasteiger charge is -2.41. The van der Waals surface area contributed by atoms with E-state index in [-0.39, 0.29) is 12.6 Å². The number of hydrogen-bond acceptors (Lipinski definition) is 3. The van der Waals surface area contributed by atoms with Gasteiger partial charge in [0.15, 0.2) is 0 Å². The van der Waals surface area contributed by atoms with Crippen molar-refractivity contribution in [3.05, 3.63) is 12.2 Å². The maximum atomic E-state index is 10.2. The van der Waals surface area contributed by atoms with E-state index in [4.69, 9.17) is 5.11 Å². The Bertz CT molecular complexity index is 226. The average Bonchev–Trinajstić information content (AvgIpc) is 2.15. The molecule has 0 unspecified atom stereocenters. The van der Waals surface area contributed by atoms with Crippen LogP contribution in [0.5, 0.6) is 0 Å². The van der Waals surface area contributed by atoms with Crippen LogP contribution in [0.15, 0.2) is 12.2 Å². The Morgan fingerprint density at radius 3 is 2.80 bits per heavy atom. The lowest BCUT2D eigenvalue weighted by Crippen LogP contribution is -2.53. The highest BCUT2D eigenvalue weighted by Crippen LogP contribution is 2.35. The van der Waals surface area contributed by atoms with Gasteiger partial charge in [-0.1, -0.05) is 12.2 Å². The minimum absolute atomic E-state index is 0.0695. The van der Waals surface area contributed by atoms with E-state index in [0.717, 1.165) is 19.3 Å². The number of allylic oxidation sites excluding steroid dienone is 1. The summed E-state index contributed by atoms with van der Waals surface area (Å²) in [6, 6.07) is 0.0695. The van der Waals surface area contributed by atoms with E-state index in [1.54, 1.807) is 0 Å². The van der Waals surface area contributed by atoms with Gasteiger partial charge in [0.1, 0.15) is 0 Å². The van der Waals surface area contributed by atoms with Gasteiger partial charge in [0.25, 0.3) is 0 Å². The van der Waals surface area contributed by atoms with Crippen LogP contribution in [-0.4, -0.2) is 35.0 Å². The van der Waals surface area contributed by atoms with Crippen molar-refractivity contribution in [2.75, 3.05) is 13.2 Å². The molecule has 0 aromatic rings. The molecule has 15 heavy (non-hydrogen) atoms. The summed E-state index contributed by atoms with van der Waals surface area (Å²) in [5.74, 6) is 0.501. The van der Waals surface area contributed by atoms with Crippen LogP contribution in [-0.2, 0) is 0 Å². The van der Waals surface area contributed by atoms with Crippen LogP contribution in [0.4, 0.5) is 0 Å². The first kappa shape index (κ1) is 12.7. The number of aliphatic hydroxyl groups is 2. The molecule has 0 bridgehead atoms. The van der Waals surface area contributed by atoms with E-state index in [1.165, 1.54) is 5.57 Å². The second-order valence-electron chi connectivity index (χ2n) is 4.91. The first-order chi connectivity index (χ1) is 6.97. The molecule has 0 heterocycles. The van der Waals surface area contributed by atoms with Crippen LogP contribution >= 0.6 is 0 Å². The molecule has 0 aromatic carbocycles. The van der Waals surface area contributed by atoms with Gasteiger partial charge in [-0.05, 0) is 39.0 Å². The van der Waals surface area contributed by atoms with Crippen LogP contribution in [0.1, 0.15) is 33.1 Å². The molecule has 0 radical (unpaired) electrons. The standard InChI is InChI=1S/C12H23NO2/c1-9(2)10-4-5-12(3,15)11(8-10)13-6-7-14/h10-11,13-15H,1,4-8H2,2-3H3/t10-,11+,12+/m0/s1. The summed E-state index contributed by atoms with van der Waals surface area (Å²) in [7, 11) is 0. The van der Waals surface area contributed by atoms with E-state index in [9.17, 15) is 5.11 Å². The van der Waals surface area contributed by atoms with Gasteiger partial charge >= 0.3 is 0 Å². The van der Waals surface area contributed by atoms with Gasteiger partial charge in [-0.3, -0.25) is 0 Å². The Morgan fingerprint density at radius 2 is 2.27 bits per heavy atom. The Labute approximate surface area is 92.2 Å². The van der Waals surface area contributed by atoms with Crippen LogP contribution < -0.4 is 5.32 Å². The molecule has 0 aromatic heterocycles. The first-order valence-corrected chi connectivity index (χ1v) is 5.69. The molecular weight excluding hydrogens is 190 g/mol. The van der Waals surface area contributed by atoms with Gasteiger partial charge in [0.05, 0.1) is 12.2 Å². The summed E-state index contributed by atoms with van der Waals surface area (Å²) in [6.07, 6.45) is 2.73. The van der Waals surface area contributed by atoms with E-state index >= 15 is 0 Å². The zero-order valence-electron chi connectivity index (χ0n) is 9.79. The number of aliphatic hydroxyl groups excluding tert-OH is 1. The Morgan fingerprint density at radius 1 is 1.60 bits per heavy atom. The summed E-state index contributed by atoms with van der Waals surface area (Å²) in [6.45, 7) is 8.56. The van der Waals surface area contributed by atoms with Crippen LogP contribution in [0.2, 0.25) is 0 Å². The highest BCUT2D eigenvalue weighted by molar-refractivity contribution is 5.04. The van der Waals surface area contributed by atoms with Crippen LogP contribution in [0, 0.1) is 5.92 Å². The Balaban J connectivity index is 2.57. The molecule has 0 amide bonds. The SMILES string of the molecule is C=C(C)[C@H]1CC[C@@](C)(O)[C@H](NCCO)C1. The molecule has 88 valence electrons. The van der Waals surface area contributed by atoms with E-state index < -0.39 is 5.60 Å². The molecule has 1 fully saturated rings. The molecule has 1 aliphatic rings. The zero-order chi connectivity index (χ0) is 11.5. The quantitative estimate of drug-likeness (QED) is 0.612. The fourth-order valence-electron chi connectivity index (χ4n) is 2.29. The smallest absolute Gasteiger partial charge is 0.0772 e. The molecule has 1 aliphatic carbocycles. The number of nitrogens with one attached hydrogen (secondary N) is 1. The topological polar surface area (TPSA) is 52.5 Å².